The minimum absolute atomic E-state index is 0.0238. The monoisotopic (exact) mass is 390 g/mol. The minimum Gasteiger partial charge on any atom is -0.355 e. The maximum atomic E-state index is 12.7. The summed E-state index contributed by atoms with van der Waals surface area (Å²) in [6, 6.07) is 13.1. The second kappa shape index (κ2) is 8.91. The number of aromatic nitrogens is 2. The van der Waals surface area contributed by atoms with E-state index in [9.17, 15) is 4.79 Å². The lowest BCUT2D eigenvalue weighted by molar-refractivity contribution is 0.0746. The third-order valence-corrected chi connectivity index (χ3v) is 5.70. The molecule has 0 spiro atoms. The first-order chi connectivity index (χ1) is 14.2. The number of nitrogens with zero attached hydrogens (tertiary/aromatic N) is 6. The summed E-state index contributed by atoms with van der Waals surface area (Å²) in [5.74, 6) is 1.80. The molecule has 0 aliphatic carbocycles. The van der Waals surface area contributed by atoms with Gasteiger partial charge in [-0.2, -0.15) is 5.26 Å². The van der Waals surface area contributed by atoms with Crippen LogP contribution in [0, 0.1) is 11.3 Å². The molecule has 2 saturated heterocycles. The van der Waals surface area contributed by atoms with Gasteiger partial charge >= 0.3 is 0 Å². The van der Waals surface area contributed by atoms with Crippen LogP contribution in [0.4, 0.5) is 11.6 Å². The zero-order chi connectivity index (χ0) is 20.1. The van der Waals surface area contributed by atoms with Crippen LogP contribution in [-0.4, -0.2) is 60.3 Å². The molecule has 3 heterocycles. The quantitative estimate of drug-likeness (QED) is 0.802. The van der Waals surface area contributed by atoms with Crippen LogP contribution in [0.1, 0.15) is 41.6 Å². The molecule has 150 valence electrons. The van der Waals surface area contributed by atoms with E-state index in [1.165, 1.54) is 25.7 Å². The molecule has 0 radical (unpaired) electrons. The lowest BCUT2D eigenvalue weighted by Crippen LogP contribution is -2.49. The predicted octanol–water partition coefficient (Wildman–Crippen LogP) is 2.69. The molecule has 0 bridgehead atoms. The maximum Gasteiger partial charge on any atom is 0.254 e. The van der Waals surface area contributed by atoms with Crippen molar-refractivity contribution in [2.24, 2.45) is 0 Å². The molecule has 7 nitrogen and oxygen atoms in total. The first kappa shape index (κ1) is 19.2. The van der Waals surface area contributed by atoms with Crippen molar-refractivity contribution in [2.45, 2.75) is 25.7 Å². The summed E-state index contributed by atoms with van der Waals surface area (Å²) in [5.41, 5.74) is 1.08. The number of hydrogen-bond donors (Lipinski definition) is 0. The molecule has 2 fully saturated rings. The van der Waals surface area contributed by atoms with Gasteiger partial charge in [0.15, 0.2) is 11.6 Å². The number of piperazine rings is 1. The number of benzene rings is 1. The molecule has 4 rings (SSSR count). The van der Waals surface area contributed by atoms with E-state index in [0.717, 1.165) is 37.8 Å². The van der Waals surface area contributed by atoms with Gasteiger partial charge in [0.05, 0.1) is 11.6 Å². The second-order valence-corrected chi connectivity index (χ2v) is 7.62. The minimum atomic E-state index is -0.0238. The highest BCUT2D eigenvalue weighted by molar-refractivity contribution is 5.94. The van der Waals surface area contributed by atoms with Crippen LogP contribution in [0.5, 0.6) is 0 Å². The van der Waals surface area contributed by atoms with Crippen molar-refractivity contribution < 1.29 is 4.79 Å². The lowest BCUT2D eigenvalue weighted by atomic mass is 10.1. The topological polar surface area (TPSA) is 76.4 Å². The fraction of sp³-hybridized carbons (Fsp3) is 0.455. The Morgan fingerprint density at radius 1 is 0.828 bits per heavy atom. The molecule has 2 aliphatic rings. The molecule has 1 amide bonds. The van der Waals surface area contributed by atoms with Gasteiger partial charge in [0, 0.05) is 44.8 Å². The van der Waals surface area contributed by atoms with Crippen molar-refractivity contribution >= 4 is 17.5 Å². The highest BCUT2D eigenvalue weighted by atomic mass is 16.2. The van der Waals surface area contributed by atoms with E-state index in [1.807, 2.05) is 11.0 Å². The first-order valence-corrected chi connectivity index (χ1v) is 10.4. The highest BCUT2D eigenvalue weighted by Crippen LogP contribution is 2.20. The normalized spacial score (nSPS) is 17.6. The number of anilines is 2. The Morgan fingerprint density at radius 3 is 2.03 bits per heavy atom. The van der Waals surface area contributed by atoms with E-state index in [-0.39, 0.29) is 5.91 Å². The van der Waals surface area contributed by atoms with Crippen LogP contribution < -0.4 is 9.80 Å². The molecule has 1 aromatic carbocycles. The summed E-state index contributed by atoms with van der Waals surface area (Å²) >= 11 is 0. The summed E-state index contributed by atoms with van der Waals surface area (Å²) in [6.45, 7) is 4.82. The van der Waals surface area contributed by atoms with Crippen molar-refractivity contribution in [1.82, 2.24) is 15.1 Å². The van der Waals surface area contributed by atoms with Crippen LogP contribution in [-0.2, 0) is 0 Å². The molecule has 0 atom stereocenters. The van der Waals surface area contributed by atoms with Crippen LogP contribution >= 0.6 is 0 Å². The van der Waals surface area contributed by atoms with Gasteiger partial charge in [-0.05, 0) is 43.2 Å². The average Bonchev–Trinajstić information content (AvgIpc) is 3.08. The Labute approximate surface area is 171 Å². The number of carbonyl (C=O) groups excluding carboxylic acids is 1. The Morgan fingerprint density at radius 2 is 1.45 bits per heavy atom. The predicted molar refractivity (Wildman–Crippen MR) is 112 cm³/mol. The van der Waals surface area contributed by atoms with E-state index < -0.39 is 0 Å². The van der Waals surface area contributed by atoms with E-state index >= 15 is 0 Å². The molecule has 0 N–H and O–H groups in total. The number of hydrogen-bond acceptors (Lipinski definition) is 6. The largest absolute Gasteiger partial charge is 0.355 e. The van der Waals surface area contributed by atoms with Crippen LogP contribution in [0.2, 0.25) is 0 Å². The number of nitriles is 1. The van der Waals surface area contributed by atoms with Gasteiger partial charge in [-0.15, -0.1) is 10.2 Å². The van der Waals surface area contributed by atoms with Gasteiger partial charge < -0.3 is 14.7 Å². The Balaban J connectivity index is 1.35. The van der Waals surface area contributed by atoms with Crippen LogP contribution in [0.25, 0.3) is 0 Å². The Kier molecular flexibility index (Phi) is 5.89. The van der Waals surface area contributed by atoms with Crippen molar-refractivity contribution in [1.29, 1.82) is 5.26 Å². The summed E-state index contributed by atoms with van der Waals surface area (Å²) in [4.78, 5) is 19.1. The highest BCUT2D eigenvalue weighted by Gasteiger charge is 2.23. The van der Waals surface area contributed by atoms with Gasteiger partial charge in [-0.3, -0.25) is 4.79 Å². The van der Waals surface area contributed by atoms with E-state index in [1.54, 1.807) is 24.3 Å². The van der Waals surface area contributed by atoms with Crippen LogP contribution in [0.15, 0.2) is 36.4 Å². The average molecular weight is 390 g/mol. The molecular weight excluding hydrogens is 364 g/mol. The standard InChI is InChI=1S/C22H26N6O/c23-17-18-6-5-7-19(16-18)22(29)28-14-12-27(13-15-28)21-9-8-20(24-25-21)26-10-3-1-2-4-11-26/h5-9,16H,1-4,10-15H2. The second-order valence-electron chi connectivity index (χ2n) is 7.62. The van der Waals surface area contributed by atoms with Gasteiger partial charge in [0.2, 0.25) is 0 Å². The van der Waals surface area contributed by atoms with Gasteiger partial charge in [0.25, 0.3) is 5.91 Å². The summed E-state index contributed by atoms with van der Waals surface area (Å²) < 4.78 is 0. The fourth-order valence-electron chi connectivity index (χ4n) is 4.00. The smallest absolute Gasteiger partial charge is 0.254 e. The number of rotatable bonds is 3. The molecule has 29 heavy (non-hydrogen) atoms. The van der Waals surface area contributed by atoms with Gasteiger partial charge in [-0.1, -0.05) is 18.9 Å². The summed E-state index contributed by atoms with van der Waals surface area (Å²) in [5, 5.41) is 18.0. The van der Waals surface area contributed by atoms with Gasteiger partial charge in [0.1, 0.15) is 0 Å². The third kappa shape index (κ3) is 4.48. The maximum absolute atomic E-state index is 12.7. The molecule has 0 saturated carbocycles. The molecular formula is C22H26N6O. The summed E-state index contributed by atoms with van der Waals surface area (Å²) in [7, 11) is 0. The van der Waals surface area contributed by atoms with Crippen molar-refractivity contribution in [3.8, 4) is 6.07 Å². The van der Waals surface area contributed by atoms with E-state index in [0.29, 0.717) is 24.2 Å². The molecule has 0 unspecified atom stereocenters. The van der Waals surface area contributed by atoms with Crippen molar-refractivity contribution in [2.75, 3.05) is 49.1 Å². The number of amides is 1. The van der Waals surface area contributed by atoms with Crippen molar-refractivity contribution in [3.05, 3.63) is 47.5 Å². The van der Waals surface area contributed by atoms with Crippen LogP contribution in [0.3, 0.4) is 0 Å². The Bertz CT molecular complexity index is 875. The zero-order valence-electron chi connectivity index (χ0n) is 16.6. The fourth-order valence-corrected chi connectivity index (χ4v) is 4.00. The molecule has 1 aromatic heterocycles. The zero-order valence-corrected chi connectivity index (χ0v) is 16.6. The number of carbonyl (C=O) groups is 1. The van der Waals surface area contributed by atoms with E-state index in [4.69, 9.17) is 5.26 Å². The van der Waals surface area contributed by atoms with E-state index in [2.05, 4.69) is 32.1 Å². The molecule has 2 aliphatic heterocycles. The molecule has 2 aromatic rings. The lowest BCUT2D eigenvalue weighted by Gasteiger charge is -2.35. The SMILES string of the molecule is N#Cc1cccc(C(=O)N2CCN(c3ccc(N4CCCCCC4)nn3)CC2)c1. The Hall–Kier alpha value is -3.14. The third-order valence-electron chi connectivity index (χ3n) is 5.70. The van der Waals surface area contributed by atoms with Gasteiger partial charge in [-0.25, -0.2) is 0 Å². The first-order valence-electron chi connectivity index (χ1n) is 10.4. The molecule has 7 heteroatoms. The van der Waals surface area contributed by atoms with Crippen molar-refractivity contribution in [3.63, 3.8) is 0 Å². The summed E-state index contributed by atoms with van der Waals surface area (Å²) in [6.07, 6.45) is 5.03.